The van der Waals surface area contributed by atoms with Crippen molar-refractivity contribution in [3.05, 3.63) is 29.3 Å². The Morgan fingerprint density at radius 2 is 1.52 bits per heavy atom. The Bertz CT molecular complexity index is 499. The zero-order chi connectivity index (χ0) is 16.1. The van der Waals surface area contributed by atoms with Gasteiger partial charge in [-0.25, -0.2) is 0 Å². The van der Waals surface area contributed by atoms with E-state index in [1.165, 1.54) is 57.8 Å². The van der Waals surface area contributed by atoms with Gasteiger partial charge in [0.15, 0.2) is 0 Å². The van der Waals surface area contributed by atoms with Gasteiger partial charge in [0, 0.05) is 17.1 Å². The lowest BCUT2D eigenvalue weighted by Crippen LogP contribution is -2.25. The van der Waals surface area contributed by atoms with E-state index in [4.69, 9.17) is 11.6 Å². The Labute approximate surface area is 145 Å². The van der Waals surface area contributed by atoms with Gasteiger partial charge in [0.2, 0.25) is 5.91 Å². The Morgan fingerprint density at radius 1 is 0.913 bits per heavy atom. The maximum Gasteiger partial charge on any atom is 0.224 e. The van der Waals surface area contributed by atoms with E-state index in [1.807, 2.05) is 24.3 Å². The van der Waals surface area contributed by atoms with Gasteiger partial charge in [-0.1, -0.05) is 43.7 Å². The minimum atomic E-state index is 0.147. The topological polar surface area (TPSA) is 29.1 Å². The number of nitrogens with one attached hydrogen (secondary N) is 1. The van der Waals surface area contributed by atoms with Gasteiger partial charge >= 0.3 is 0 Å². The number of amides is 1. The van der Waals surface area contributed by atoms with E-state index in [-0.39, 0.29) is 5.91 Å². The molecule has 0 unspecified atom stereocenters. The van der Waals surface area contributed by atoms with Crippen LogP contribution in [0, 0.1) is 17.8 Å². The minimum absolute atomic E-state index is 0.147. The summed E-state index contributed by atoms with van der Waals surface area (Å²) in [6, 6.07) is 7.35. The highest BCUT2D eigenvalue weighted by Crippen LogP contribution is 2.40. The Hall–Kier alpha value is -1.02. The second-order valence-electron chi connectivity index (χ2n) is 7.44. The van der Waals surface area contributed by atoms with E-state index < -0.39 is 0 Å². The third-order valence-electron chi connectivity index (χ3n) is 5.81. The molecule has 1 aromatic carbocycles. The fraction of sp³-hybridized carbons (Fsp3) is 0.650. The molecule has 0 heterocycles. The number of carbonyl (C=O) groups excluding carboxylic acids is 1. The number of hydrogen-bond donors (Lipinski definition) is 1. The van der Waals surface area contributed by atoms with Crippen molar-refractivity contribution in [2.75, 3.05) is 5.32 Å². The van der Waals surface area contributed by atoms with Gasteiger partial charge in [0.05, 0.1) is 0 Å². The van der Waals surface area contributed by atoms with Gasteiger partial charge in [-0.3, -0.25) is 4.79 Å². The highest BCUT2D eigenvalue weighted by Gasteiger charge is 2.29. The van der Waals surface area contributed by atoms with Crippen molar-refractivity contribution < 1.29 is 4.79 Å². The molecular weight excluding hydrogens is 306 g/mol. The lowest BCUT2D eigenvalue weighted by atomic mass is 9.70. The second-order valence-corrected chi connectivity index (χ2v) is 7.87. The van der Waals surface area contributed by atoms with Crippen molar-refractivity contribution >= 4 is 23.2 Å². The quantitative estimate of drug-likeness (QED) is 0.713. The average molecular weight is 334 g/mol. The molecule has 2 nitrogen and oxygen atoms in total. The molecule has 2 fully saturated rings. The third kappa shape index (κ3) is 4.97. The fourth-order valence-electron chi connectivity index (χ4n) is 4.48. The summed E-state index contributed by atoms with van der Waals surface area (Å²) in [6.45, 7) is 0. The Kier molecular flexibility index (Phi) is 5.99. The molecule has 3 heteroatoms. The summed E-state index contributed by atoms with van der Waals surface area (Å²) >= 11 is 5.87. The maximum atomic E-state index is 12.2. The zero-order valence-electron chi connectivity index (χ0n) is 13.9. The summed E-state index contributed by atoms with van der Waals surface area (Å²) in [5.41, 5.74) is 0.843. The van der Waals surface area contributed by atoms with E-state index >= 15 is 0 Å². The molecule has 0 atom stereocenters. The van der Waals surface area contributed by atoms with E-state index in [0.717, 1.165) is 17.5 Å². The van der Waals surface area contributed by atoms with Gasteiger partial charge in [0.1, 0.15) is 0 Å². The van der Waals surface area contributed by atoms with Crippen LogP contribution in [-0.4, -0.2) is 5.91 Å². The molecule has 23 heavy (non-hydrogen) atoms. The molecule has 0 aromatic heterocycles. The van der Waals surface area contributed by atoms with Crippen LogP contribution in [0.2, 0.25) is 5.02 Å². The summed E-state index contributed by atoms with van der Waals surface area (Å²) < 4.78 is 0. The largest absolute Gasteiger partial charge is 0.326 e. The van der Waals surface area contributed by atoms with Gasteiger partial charge in [-0.2, -0.15) is 0 Å². The fourth-order valence-corrected chi connectivity index (χ4v) is 4.60. The van der Waals surface area contributed by atoms with Crippen LogP contribution in [0.5, 0.6) is 0 Å². The van der Waals surface area contributed by atoms with Crippen molar-refractivity contribution in [2.24, 2.45) is 17.8 Å². The smallest absolute Gasteiger partial charge is 0.224 e. The van der Waals surface area contributed by atoms with Gasteiger partial charge in [0.25, 0.3) is 0 Å². The molecule has 0 spiro atoms. The van der Waals surface area contributed by atoms with Crippen LogP contribution in [0.15, 0.2) is 24.3 Å². The summed E-state index contributed by atoms with van der Waals surface area (Å²) in [4.78, 5) is 12.2. The molecule has 0 radical (unpaired) electrons. The number of rotatable bonds is 4. The summed E-state index contributed by atoms with van der Waals surface area (Å²) in [7, 11) is 0. The van der Waals surface area contributed by atoms with Crippen LogP contribution in [0.25, 0.3) is 0 Å². The van der Waals surface area contributed by atoms with Crippen LogP contribution in [-0.2, 0) is 4.79 Å². The zero-order valence-corrected chi connectivity index (χ0v) is 14.7. The monoisotopic (exact) mass is 333 g/mol. The van der Waals surface area contributed by atoms with E-state index in [1.54, 1.807) is 0 Å². The number of carbonyl (C=O) groups is 1. The molecule has 2 aliphatic rings. The molecule has 1 aromatic rings. The van der Waals surface area contributed by atoms with E-state index in [0.29, 0.717) is 17.4 Å². The lowest BCUT2D eigenvalue weighted by Gasteiger charge is -2.35. The van der Waals surface area contributed by atoms with Gasteiger partial charge in [-0.05, 0) is 67.7 Å². The van der Waals surface area contributed by atoms with E-state index in [9.17, 15) is 4.79 Å². The van der Waals surface area contributed by atoms with Crippen LogP contribution in [0.4, 0.5) is 5.69 Å². The molecule has 126 valence electrons. The summed E-state index contributed by atoms with van der Waals surface area (Å²) in [6.07, 6.45) is 13.0. The van der Waals surface area contributed by atoms with Gasteiger partial charge < -0.3 is 5.32 Å². The van der Waals surface area contributed by atoms with Crippen molar-refractivity contribution in [1.29, 1.82) is 0 Å². The van der Waals surface area contributed by atoms with Crippen LogP contribution >= 0.6 is 11.6 Å². The third-order valence-corrected chi connectivity index (χ3v) is 6.06. The molecule has 0 aliphatic heterocycles. The summed E-state index contributed by atoms with van der Waals surface area (Å²) in [5.74, 6) is 2.63. The van der Waals surface area contributed by atoms with Crippen LogP contribution in [0.3, 0.4) is 0 Å². The first kappa shape index (κ1) is 16.8. The van der Waals surface area contributed by atoms with E-state index in [2.05, 4.69) is 5.32 Å². The van der Waals surface area contributed by atoms with Crippen molar-refractivity contribution in [2.45, 2.75) is 64.2 Å². The Morgan fingerprint density at radius 3 is 2.17 bits per heavy atom. The maximum absolute atomic E-state index is 12.2. The number of benzene rings is 1. The predicted molar refractivity (Wildman–Crippen MR) is 96.7 cm³/mol. The minimum Gasteiger partial charge on any atom is -0.326 e. The van der Waals surface area contributed by atoms with Crippen LogP contribution < -0.4 is 5.32 Å². The van der Waals surface area contributed by atoms with Crippen molar-refractivity contribution in [3.63, 3.8) is 0 Å². The molecule has 3 rings (SSSR count). The van der Waals surface area contributed by atoms with Gasteiger partial charge in [-0.15, -0.1) is 0 Å². The van der Waals surface area contributed by atoms with Crippen molar-refractivity contribution in [3.8, 4) is 0 Å². The highest BCUT2D eigenvalue weighted by molar-refractivity contribution is 6.30. The normalized spacial score (nSPS) is 26.0. The first-order valence-electron chi connectivity index (χ1n) is 9.26. The molecule has 0 saturated heterocycles. The molecule has 2 saturated carbocycles. The molecule has 0 bridgehead atoms. The highest BCUT2D eigenvalue weighted by atomic mass is 35.5. The summed E-state index contributed by atoms with van der Waals surface area (Å²) in [5, 5.41) is 3.69. The average Bonchev–Trinajstić information content (AvgIpc) is 2.58. The molecule has 1 N–H and O–H groups in total. The number of hydrogen-bond acceptors (Lipinski definition) is 1. The number of anilines is 1. The molecular formula is C20H28ClNO. The van der Waals surface area contributed by atoms with Crippen molar-refractivity contribution in [1.82, 2.24) is 0 Å². The predicted octanol–water partition coefficient (Wildman–Crippen LogP) is 6.06. The first-order valence-corrected chi connectivity index (χ1v) is 9.64. The van der Waals surface area contributed by atoms with Crippen LogP contribution in [0.1, 0.15) is 64.2 Å². The Balaban J connectivity index is 1.41. The second kappa shape index (κ2) is 8.19. The number of halogens is 1. The molecule has 2 aliphatic carbocycles. The molecule has 1 amide bonds. The first-order chi connectivity index (χ1) is 11.2. The SMILES string of the molecule is O=C(CC1CCC(C2CCCCC2)CC1)Nc1ccc(Cl)cc1. The lowest BCUT2D eigenvalue weighted by molar-refractivity contribution is -0.117. The standard InChI is InChI=1S/C20H28ClNO/c21-18-10-12-19(13-11-18)22-20(23)14-15-6-8-17(9-7-15)16-4-2-1-3-5-16/h10-13,15-17H,1-9,14H2,(H,22,23).